The molecule has 2 aromatic heterocycles. The predicted octanol–water partition coefficient (Wildman–Crippen LogP) is 8.69. The average Bonchev–Trinajstić information content (AvgIpc) is 3.79. The van der Waals surface area contributed by atoms with Crippen LogP contribution in [0.2, 0.25) is 0 Å². The van der Waals surface area contributed by atoms with E-state index < -0.39 is 6.04 Å². The number of aromatic amines is 2. The predicted molar refractivity (Wildman–Crippen MR) is 246 cm³/mol. The van der Waals surface area contributed by atoms with Crippen LogP contribution in [0.3, 0.4) is 0 Å². The number of nitrogens with one attached hydrogen (secondary N) is 3. The van der Waals surface area contributed by atoms with Crippen molar-refractivity contribution in [3.8, 4) is 34.4 Å². The Morgan fingerprint density at radius 2 is 1.06 bits per heavy atom. The lowest BCUT2D eigenvalue weighted by Crippen LogP contribution is -2.44. The highest BCUT2D eigenvalue weighted by atomic mass is 16.2. The van der Waals surface area contributed by atoms with Gasteiger partial charge in [-0.3, -0.25) is 19.3 Å². The van der Waals surface area contributed by atoms with Crippen molar-refractivity contribution >= 4 is 17.7 Å². The van der Waals surface area contributed by atoms with E-state index in [0.29, 0.717) is 6.54 Å². The van der Waals surface area contributed by atoms with Crippen LogP contribution in [0.1, 0.15) is 116 Å². The van der Waals surface area contributed by atoms with E-state index in [4.69, 9.17) is 9.97 Å². The summed E-state index contributed by atoms with van der Waals surface area (Å²) in [6.45, 7) is 3.24. The van der Waals surface area contributed by atoms with Crippen molar-refractivity contribution < 1.29 is 14.4 Å². The first-order valence-corrected chi connectivity index (χ1v) is 23.0. The molecule has 0 bridgehead atoms. The second-order valence-corrected chi connectivity index (χ2v) is 17.7. The molecule has 3 saturated heterocycles. The maximum Gasteiger partial charge on any atom is 0.250 e. The van der Waals surface area contributed by atoms with Gasteiger partial charge in [0.15, 0.2) is 0 Å². The second kappa shape index (κ2) is 18.5. The molecule has 4 aliphatic rings. The molecule has 324 valence electrons. The molecule has 4 atom stereocenters. The van der Waals surface area contributed by atoms with Gasteiger partial charge < -0.3 is 25.1 Å². The van der Waals surface area contributed by atoms with Crippen LogP contribution in [-0.4, -0.2) is 78.5 Å². The van der Waals surface area contributed by atoms with E-state index in [1.165, 1.54) is 6.42 Å². The van der Waals surface area contributed by atoms with Gasteiger partial charge in [0.1, 0.15) is 23.7 Å². The molecule has 11 nitrogen and oxygen atoms in total. The first-order valence-electron chi connectivity index (χ1n) is 23.0. The third-order valence-corrected chi connectivity index (χ3v) is 13.4. The molecule has 6 aromatic rings. The lowest BCUT2D eigenvalue weighted by atomic mass is 10.00. The van der Waals surface area contributed by atoms with Gasteiger partial charge in [-0.1, -0.05) is 103 Å². The normalized spacial score (nSPS) is 19.8. The Morgan fingerprint density at radius 1 is 0.562 bits per heavy atom. The summed E-state index contributed by atoms with van der Waals surface area (Å²) in [5, 5.41) is 3.05. The minimum atomic E-state index is -0.726. The van der Waals surface area contributed by atoms with Crippen molar-refractivity contribution in [2.24, 2.45) is 5.92 Å². The Kier molecular flexibility index (Phi) is 11.9. The Balaban J connectivity index is 0.777. The Labute approximate surface area is 374 Å². The molecule has 0 radical (unpaired) electrons. The molecule has 4 aromatic carbocycles. The first kappa shape index (κ1) is 41.3. The van der Waals surface area contributed by atoms with E-state index >= 15 is 0 Å². The maximum absolute atomic E-state index is 14.4. The van der Waals surface area contributed by atoms with Crippen molar-refractivity contribution in [1.82, 2.24) is 40.0 Å². The number of carbonyl (C=O) groups is 3. The smallest absolute Gasteiger partial charge is 0.250 e. The van der Waals surface area contributed by atoms with Crippen LogP contribution in [0.15, 0.2) is 122 Å². The third kappa shape index (κ3) is 8.88. The molecule has 4 fully saturated rings. The summed E-state index contributed by atoms with van der Waals surface area (Å²) in [7, 11) is 0. The number of nitrogens with zero attached hydrogens (tertiary/aromatic N) is 5. The van der Waals surface area contributed by atoms with Gasteiger partial charge in [-0.25, -0.2) is 9.97 Å². The monoisotopic (exact) mass is 850 g/mol. The summed E-state index contributed by atoms with van der Waals surface area (Å²) in [4.78, 5) is 64.2. The molecule has 5 heterocycles. The van der Waals surface area contributed by atoms with Crippen LogP contribution >= 0.6 is 0 Å². The molecule has 1 aliphatic carbocycles. The quantitative estimate of drug-likeness (QED) is 0.112. The van der Waals surface area contributed by atoms with Crippen molar-refractivity contribution in [3.05, 3.63) is 155 Å². The first-order chi connectivity index (χ1) is 31.5. The topological polar surface area (TPSA) is 130 Å². The van der Waals surface area contributed by atoms with Crippen LogP contribution < -0.4 is 5.32 Å². The van der Waals surface area contributed by atoms with Gasteiger partial charge in [0.2, 0.25) is 17.7 Å². The second-order valence-electron chi connectivity index (χ2n) is 17.7. The highest BCUT2D eigenvalue weighted by molar-refractivity contribution is 5.90. The molecular formula is C53H54N8O3. The molecule has 3 aliphatic heterocycles. The highest BCUT2D eigenvalue weighted by Crippen LogP contribution is 2.38. The highest BCUT2D eigenvalue weighted by Gasteiger charge is 2.40. The van der Waals surface area contributed by atoms with Gasteiger partial charge in [0, 0.05) is 30.1 Å². The minimum absolute atomic E-state index is 0.00582. The number of hydrogen-bond acceptors (Lipinski definition) is 6. The molecule has 4 unspecified atom stereocenters. The van der Waals surface area contributed by atoms with Crippen LogP contribution in [0.4, 0.5) is 0 Å². The fraction of sp³-hybridized carbons (Fsp3) is 0.340. The lowest BCUT2D eigenvalue weighted by molar-refractivity contribution is -0.139. The molecule has 1 saturated carbocycles. The van der Waals surface area contributed by atoms with Crippen LogP contribution in [0.5, 0.6) is 0 Å². The summed E-state index contributed by atoms with van der Waals surface area (Å²) >= 11 is 0. The third-order valence-electron chi connectivity index (χ3n) is 13.4. The number of likely N-dealkylation sites (tertiary alicyclic amines) is 3. The number of imidazole rings is 2. The summed E-state index contributed by atoms with van der Waals surface area (Å²) in [6, 6.07) is 34.8. The fourth-order valence-electron chi connectivity index (χ4n) is 9.73. The zero-order chi connectivity index (χ0) is 43.4. The van der Waals surface area contributed by atoms with Gasteiger partial charge in [-0.05, 0) is 111 Å². The standard InChI is InChI=1S/C53H54N8O3/c62-51(42-28-29-42)58-47(40-12-4-1-5-13-40)52(63)60-32-10-16-45(60)49-54-34-43(56-49)38-24-20-36(21-25-38)18-19-37-22-26-39(27-23-37)44-35-55-50(57-44)46-17-11-33-61(46)53(64)48(41-14-6-2-7-15-41)59-30-8-3-9-31-59/h1-2,4-7,12-15,20-27,34-35,42,45-48H,3,8-11,16-17,28-33H2,(H,54,56)(H,55,57)(H,58,62). The van der Waals surface area contributed by atoms with Gasteiger partial charge in [-0.15, -0.1) is 0 Å². The average molecular weight is 851 g/mol. The van der Waals surface area contributed by atoms with Crippen LogP contribution in [0.25, 0.3) is 22.5 Å². The van der Waals surface area contributed by atoms with E-state index in [9.17, 15) is 14.4 Å². The fourth-order valence-corrected chi connectivity index (χ4v) is 9.73. The zero-order valence-corrected chi connectivity index (χ0v) is 36.1. The molecule has 3 N–H and O–H groups in total. The summed E-state index contributed by atoms with van der Waals surface area (Å²) in [5.74, 6) is 8.22. The van der Waals surface area contributed by atoms with Crippen molar-refractivity contribution in [2.75, 3.05) is 26.2 Å². The van der Waals surface area contributed by atoms with Crippen molar-refractivity contribution in [2.45, 2.75) is 82.0 Å². The number of H-pyrrole nitrogens is 2. The number of hydrogen-bond donors (Lipinski definition) is 3. The molecule has 10 rings (SSSR count). The van der Waals surface area contributed by atoms with Gasteiger partial charge in [-0.2, -0.15) is 0 Å². The number of benzene rings is 4. The lowest BCUT2D eigenvalue weighted by Gasteiger charge is -2.37. The van der Waals surface area contributed by atoms with E-state index in [2.05, 4.69) is 61.2 Å². The molecule has 0 spiro atoms. The summed E-state index contributed by atoms with van der Waals surface area (Å²) in [5.41, 5.74) is 7.43. The Hall–Kier alpha value is -6.77. The van der Waals surface area contributed by atoms with E-state index in [1.807, 2.05) is 102 Å². The zero-order valence-electron chi connectivity index (χ0n) is 36.1. The number of carbonyl (C=O) groups excluding carboxylic acids is 3. The summed E-state index contributed by atoms with van der Waals surface area (Å²) in [6.07, 6.45) is 12.4. The maximum atomic E-state index is 14.4. The number of rotatable bonds is 11. The van der Waals surface area contributed by atoms with Crippen LogP contribution in [-0.2, 0) is 14.4 Å². The van der Waals surface area contributed by atoms with E-state index in [1.54, 1.807) is 0 Å². The Bertz CT molecular complexity index is 2640. The number of amides is 3. The molecule has 64 heavy (non-hydrogen) atoms. The van der Waals surface area contributed by atoms with Crippen molar-refractivity contribution in [1.29, 1.82) is 0 Å². The van der Waals surface area contributed by atoms with Gasteiger partial charge in [0.25, 0.3) is 0 Å². The van der Waals surface area contributed by atoms with E-state index in [-0.39, 0.29) is 41.8 Å². The summed E-state index contributed by atoms with van der Waals surface area (Å²) < 4.78 is 0. The van der Waals surface area contributed by atoms with Gasteiger partial charge in [0.05, 0.1) is 35.9 Å². The number of piperidine rings is 1. The number of aromatic nitrogens is 4. The van der Waals surface area contributed by atoms with Crippen molar-refractivity contribution in [3.63, 3.8) is 0 Å². The van der Waals surface area contributed by atoms with E-state index in [0.717, 1.165) is 127 Å². The molecule has 3 amide bonds. The Morgan fingerprint density at radius 3 is 1.58 bits per heavy atom. The molecular weight excluding hydrogens is 797 g/mol. The van der Waals surface area contributed by atoms with Crippen LogP contribution in [0, 0.1) is 17.8 Å². The largest absolute Gasteiger partial charge is 0.340 e. The van der Waals surface area contributed by atoms with Gasteiger partial charge >= 0.3 is 0 Å². The minimum Gasteiger partial charge on any atom is -0.340 e. The molecule has 11 heteroatoms. The SMILES string of the molecule is O=C(NC(C(=O)N1CCCC1c1ncc(-c2ccc(C#Cc3ccc(-c4cnc(C5CCCN5C(=O)C(c5ccccc5)N5CCCCC5)[nH]4)cc3)cc2)[nH]1)c1ccccc1)C1CC1.